The summed E-state index contributed by atoms with van der Waals surface area (Å²) in [4.78, 5) is 15.5. The van der Waals surface area contributed by atoms with Gasteiger partial charge in [0.2, 0.25) is 0 Å². The molecule has 1 aromatic heterocycles. The largest absolute Gasteiger partial charge is 0.494 e. The van der Waals surface area contributed by atoms with Crippen LogP contribution in [0.15, 0.2) is 23.2 Å². The van der Waals surface area contributed by atoms with E-state index < -0.39 is 5.91 Å². The van der Waals surface area contributed by atoms with Crippen molar-refractivity contribution in [3.05, 3.63) is 28.9 Å². The molecule has 0 aliphatic rings. The molecule has 0 aliphatic carbocycles. The molecule has 1 heterocycles. The van der Waals surface area contributed by atoms with Crippen LogP contribution in [-0.2, 0) is 17.8 Å². The third-order valence-corrected chi connectivity index (χ3v) is 3.47. The topological polar surface area (TPSA) is 107 Å². The number of guanidine groups is 1. The van der Waals surface area contributed by atoms with Crippen LogP contribution in [0.2, 0.25) is 5.02 Å². The van der Waals surface area contributed by atoms with Crippen LogP contribution in [0.5, 0.6) is 5.88 Å². The molecule has 0 unspecified atom stereocenters. The molecular weight excluding hydrogens is 304 g/mol. The highest BCUT2D eigenvalue weighted by molar-refractivity contribution is 6.31. The van der Waals surface area contributed by atoms with Gasteiger partial charge in [0.25, 0.3) is 5.91 Å². The number of carbonyl (C=O) groups excluding carboxylic acids is 1. The number of nitrogens with zero attached hydrogens (tertiary/aromatic N) is 2. The normalized spacial score (nSPS) is 11.1. The Kier molecular flexibility index (Phi) is 4.61. The summed E-state index contributed by atoms with van der Waals surface area (Å²) in [6, 6.07) is 5.18. The van der Waals surface area contributed by atoms with Gasteiger partial charge in [-0.3, -0.25) is 4.79 Å². The maximum absolute atomic E-state index is 11.9. The highest BCUT2D eigenvalue weighted by Gasteiger charge is 2.19. The fourth-order valence-electron chi connectivity index (χ4n) is 2.45. The summed E-state index contributed by atoms with van der Waals surface area (Å²) in [5.41, 5.74) is 11.1. The van der Waals surface area contributed by atoms with E-state index in [9.17, 15) is 9.90 Å². The van der Waals surface area contributed by atoms with Gasteiger partial charge in [0.05, 0.1) is 6.42 Å². The molecular formula is C15H19ClN4O2. The molecule has 0 aliphatic heterocycles. The van der Waals surface area contributed by atoms with Crippen molar-refractivity contribution in [1.82, 2.24) is 4.57 Å². The third kappa shape index (κ3) is 3.33. The molecule has 5 N–H and O–H groups in total. The zero-order chi connectivity index (χ0) is 16.4. The number of hydrogen-bond donors (Lipinski definition) is 3. The maximum Gasteiger partial charge on any atom is 0.254 e. The lowest BCUT2D eigenvalue weighted by molar-refractivity contribution is -0.117. The van der Waals surface area contributed by atoms with Gasteiger partial charge in [-0.25, -0.2) is 0 Å². The number of fused-ring (bicyclic) bond motifs is 1. The number of aromatic nitrogens is 1. The van der Waals surface area contributed by atoms with Gasteiger partial charge in [-0.15, -0.1) is 0 Å². The van der Waals surface area contributed by atoms with Crippen molar-refractivity contribution in [2.24, 2.45) is 22.4 Å². The molecule has 7 heteroatoms. The smallest absolute Gasteiger partial charge is 0.254 e. The summed E-state index contributed by atoms with van der Waals surface area (Å²) in [6.45, 7) is 4.62. The molecule has 1 amide bonds. The number of halogens is 1. The minimum Gasteiger partial charge on any atom is -0.494 e. The zero-order valence-corrected chi connectivity index (χ0v) is 13.3. The quantitative estimate of drug-likeness (QED) is 0.591. The molecule has 2 aromatic rings. The monoisotopic (exact) mass is 322 g/mol. The Morgan fingerprint density at radius 3 is 2.64 bits per heavy atom. The molecule has 1 aromatic carbocycles. The van der Waals surface area contributed by atoms with E-state index in [0.29, 0.717) is 28.6 Å². The Bertz CT molecular complexity index is 746. The predicted molar refractivity (Wildman–Crippen MR) is 88.0 cm³/mol. The standard InChI is InChI=1S/C15H19ClN4O2/c1-8(2)7-20-12(6-13(21)19-15(17)18)10-4-3-9(16)5-11(10)14(20)22/h3-5,8,22H,6-7H2,1-2H3,(H4,17,18,19,21). The molecule has 22 heavy (non-hydrogen) atoms. The molecule has 0 saturated carbocycles. The first-order valence-corrected chi connectivity index (χ1v) is 7.29. The van der Waals surface area contributed by atoms with Gasteiger partial charge in [0.15, 0.2) is 11.8 Å². The molecule has 0 fully saturated rings. The lowest BCUT2D eigenvalue weighted by Gasteiger charge is -2.12. The third-order valence-electron chi connectivity index (χ3n) is 3.24. The average Bonchev–Trinajstić information content (AvgIpc) is 2.62. The van der Waals surface area contributed by atoms with Crippen LogP contribution in [0.4, 0.5) is 0 Å². The number of benzene rings is 1. The number of aliphatic imine (C=N–C) groups is 1. The Hall–Kier alpha value is -2.21. The van der Waals surface area contributed by atoms with Crippen LogP contribution in [0.1, 0.15) is 19.5 Å². The molecule has 0 saturated heterocycles. The van der Waals surface area contributed by atoms with E-state index in [-0.39, 0.29) is 18.3 Å². The Balaban J connectivity index is 2.58. The molecule has 118 valence electrons. The lowest BCUT2D eigenvalue weighted by Crippen LogP contribution is -2.25. The second-order valence-electron chi connectivity index (χ2n) is 5.57. The maximum atomic E-state index is 11.9. The van der Waals surface area contributed by atoms with Crippen molar-refractivity contribution in [3.8, 4) is 5.88 Å². The van der Waals surface area contributed by atoms with Gasteiger partial charge in [-0.1, -0.05) is 31.5 Å². The first-order chi connectivity index (χ1) is 10.3. The Morgan fingerprint density at radius 1 is 1.36 bits per heavy atom. The fourth-order valence-corrected chi connectivity index (χ4v) is 2.62. The van der Waals surface area contributed by atoms with Gasteiger partial charge in [0.1, 0.15) is 0 Å². The minimum atomic E-state index is -0.459. The summed E-state index contributed by atoms with van der Waals surface area (Å²) in [6.07, 6.45) is 0.00329. The molecule has 0 spiro atoms. The first kappa shape index (κ1) is 16.2. The van der Waals surface area contributed by atoms with Crippen LogP contribution >= 0.6 is 11.6 Å². The number of nitrogens with two attached hydrogens (primary N) is 2. The molecule has 0 bridgehead atoms. The van der Waals surface area contributed by atoms with E-state index in [1.165, 1.54) is 0 Å². The van der Waals surface area contributed by atoms with Crippen molar-refractivity contribution in [2.75, 3.05) is 0 Å². The van der Waals surface area contributed by atoms with Crippen molar-refractivity contribution in [1.29, 1.82) is 0 Å². The van der Waals surface area contributed by atoms with Crippen LogP contribution < -0.4 is 11.5 Å². The van der Waals surface area contributed by atoms with Crippen LogP contribution in [0.25, 0.3) is 10.8 Å². The van der Waals surface area contributed by atoms with Gasteiger partial charge >= 0.3 is 0 Å². The van der Waals surface area contributed by atoms with Crippen molar-refractivity contribution < 1.29 is 9.90 Å². The van der Waals surface area contributed by atoms with Gasteiger partial charge in [-0.05, 0) is 18.1 Å². The molecule has 0 radical (unpaired) electrons. The summed E-state index contributed by atoms with van der Waals surface area (Å²) < 4.78 is 1.71. The number of rotatable bonds is 4. The molecule has 6 nitrogen and oxygen atoms in total. The van der Waals surface area contributed by atoms with Crippen molar-refractivity contribution in [2.45, 2.75) is 26.8 Å². The van der Waals surface area contributed by atoms with Crippen molar-refractivity contribution >= 4 is 34.2 Å². The Morgan fingerprint density at radius 2 is 2.05 bits per heavy atom. The first-order valence-electron chi connectivity index (χ1n) is 6.91. The number of aromatic hydroxyl groups is 1. The minimum absolute atomic E-state index is 0.00329. The van der Waals surface area contributed by atoms with Crippen LogP contribution in [-0.4, -0.2) is 21.5 Å². The van der Waals surface area contributed by atoms with E-state index in [1.54, 1.807) is 22.8 Å². The van der Waals surface area contributed by atoms with Crippen LogP contribution in [0, 0.1) is 5.92 Å². The van der Waals surface area contributed by atoms with Gasteiger partial charge < -0.3 is 21.1 Å². The lowest BCUT2D eigenvalue weighted by atomic mass is 10.1. The molecule has 0 atom stereocenters. The van der Waals surface area contributed by atoms with Crippen LogP contribution in [0.3, 0.4) is 0 Å². The average molecular weight is 323 g/mol. The number of hydrogen-bond acceptors (Lipinski definition) is 2. The summed E-state index contributed by atoms with van der Waals surface area (Å²) in [5.74, 6) is -0.346. The highest BCUT2D eigenvalue weighted by Crippen LogP contribution is 2.34. The summed E-state index contributed by atoms with van der Waals surface area (Å²) in [7, 11) is 0. The zero-order valence-electron chi connectivity index (χ0n) is 12.5. The molecule has 2 rings (SSSR count). The van der Waals surface area contributed by atoms with Gasteiger partial charge in [-0.2, -0.15) is 4.99 Å². The van der Waals surface area contributed by atoms with Gasteiger partial charge in [0, 0.05) is 28.0 Å². The second-order valence-corrected chi connectivity index (χ2v) is 6.01. The number of amides is 1. The van der Waals surface area contributed by atoms with E-state index in [0.717, 1.165) is 5.39 Å². The summed E-state index contributed by atoms with van der Waals surface area (Å²) in [5, 5.41) is 12.3. The van der Waals surface area contributed by atoms with Crippen molar-refractivity contribution in [3.63, 3.8) is 0 Å². The van der Waals surface area contributed by atoms with E-state index >= 15 is 0 Å². The highest BCUT2D eigenvalue weighted by atomic mass is 35.5. The SMILES string of the molecule is CC(C)Cn1c(O)c2cc(Cl)ccc2c1CC(=O)N=C(N)N. The van der Waals surface area contributed by atoms with E-state index in [1.807, 2.05) is 13.8 Å². The second kappa shape index (κ2) is 6.27. The summed E-state index contributed by atoms with van der Waals surface area (Å²) >= 11 is 5.99. The predicted octanol–water partition coefficient (Wildman–Crippen LogP) is 2.00. The van der Waals surface area contributed by atoms with E-state index in [2.05, 4.69) is 4.99 Å². The number of carbonyl (C=O) groups is 1. The Labute approximate surface area is 133 Å². The van der Waals surface area contributed by atoms with E-state index in [4.69, 9.17) is 23.1 Å². The fraction of sp³-hybridized carbons (Fsp3) is 0.333.